The monoisotopic (exact) mass is 747 g/mol. The minimum absolute atomic E-state index is 0. The predicted molar refractivity (Wildman–Crippen MR) is 188 cm³/mol. The van der Waals surface area contributed by atoms with E-state index < -0.39 is 30.1 Å². The topological polar surface area (TPSA) is 226 Å². The number of esters is 2. The standard InChI is InChI=1S/C32H30ClN7O6S.2ClH/c1-17(36)31(41)45-15-24(46-32(42)18(2)37)14-43-23-9-5-19(6-10-23)27-25(11-34)28(38)40-30(26(27)12-35)47-16-22-13-44-29(39-22)20-3-7-21(33)8-4-20;;/h3-10,13,17-18,24H,14-16,36-37H2,1-2H3,(H2,38,40);2*1H/t17-,18-,24+;;/m0../s1. The van der Waals surface area contributed by atoms with Crippen LogP contribution in [0.2, 0.25) is 5.02 Å². The number of ether oxygens (including phenoxy) is 3. The molecule has 0 saturated heterocycles. The first-order valence-corrected chi connectivity index (χ1v) is 15.4. The fourth-order valence-corrected chi connectivity index (χ4v) is 5.03. The first kappa shape index (κ1) is 40.6. The summed E-state index contributed by atoms with van der Waals surface area (Å²) < 4.78 is 21.8. The van der Waals surface area contributed by atoms with Crippen molar-refractivity contribution < 1.29 is 28.2 Å². The number of nitriles is 2. The molecule has 6 N–H and O–H groups in total. The van der Waals surface area contributed by atoms with Gasteiger partial charge in [0, 0.05) is 21.9 Å². The highest BCUT2D eigenvalue weighted by Crippen LogP contribution is 2.37. The van der Waals surface area contributed by atoms with Crippen LogP contribution < -0.4 is 21.9 Å². The van der Waals surface area contributed by atoms with Gasteiger partial charge < -0.3 is 35.8 Å². The molecule has 17 heteroatoms. The molecule has 0 amide bonds. The summed E-state index contributed by atoms with van der Waals surface area (Å²) in [4.78, 5) is 32.7. The normalized spacial score (nSPS) is 12.1. The Morgan fingerprint density at radius 3 is 2.12 bits per heavy atom. The minimum atomic E-state index is -0.960. The summed E-state index contributed by atoms with van der Waals surface area (Å²) in [6, 6.07) is 16.0. The maximum atomic E-state index is 12.1. The molecule has 49 heavy (non-hydrogen) atoms. The van der Waals surface area contributed by atoms with Gasteiger partial charge in [-0.15, -0.1) is 24.8 Å². The van der Waals surface area contributed by atoms with Crippen molar-refractivity contribution in [1.29, 1.82) is 10.5 Å². The van der Waals surface area contributed by atoms with E-state index in [1.165, 1.54) is 31.9 Å². The van der Waals surface area contributed by atoms with Crippen molar-refractivity contribution in [3.63, 3.8) is 0 Å². The second kappa shape index (κ2) is 18.9. The van der Waals surface area contributed by atoms with Crippen LogP contribution in [0.4, 0.5) is 5.82 Å². The molecule has 13 nitrogen and oxygen atoms in total. The van der Waals surface area contributed by atoms with E-state index in [2.05, 4.69) is 22.1 Å². The third-order valence-corrected chi connectivity index (χ3v) is 7.69. The lowest BCUT2D eigenvalue weighted by molar-refractivity contribution is -0.162. The quantitative estimate of drug-likeness (QED) is 0.120. The van der Waals surface area contributed by atoms with Crippen molar-refractivity contribution in [3.05, 3.63) is 76.6 Å². The number of hydrogen-bond acceptors (Lipinski definition) is 14. The van der Waals surface area contributed by atoms with Gasteiger partial charge in [-0.05, 0) is 55.8 Å². The Balaban J connectivity index is 0.00000417. The first-order valence-electron chi connectivity index (χ1n) is 14.1. The van der Waals surface area contributed by atoms with E-state index in [1.807, 2.05) is 0 Å². The lowest BCUT2D eigenvalue weighted by Crippen LogP contribution is -2.38. The molecule has 2 aromatic heterocycles. The molecule has 0 aliphatic rings. The Hall–Kier alpha value is -4.54. The number of nitrogens with two attached hydrogens (primary N) is 3. The molecule has 0 unspecified atom stereocenters. The highest BCUT2D eigenvalue weighted by molar-refractivity contribution is 7.98. The van der Waals surface area contributed by atoms with Crippen LogP contribution in [-0.4, -0.2) is 53.3 Å². The fraction of sp³-hybridized carbons (Fsp3) is 0.250. The van der Waals surface area contributed by atoms with Gasteiger partial charge >= 0.3 is 11.9 Å². The summed E-state index contributed by atoms with van der Waals surface area (Å²) >= 11 is 7.19. The second-order valence-electron chi connectivity index (χ2n) is 10.2. The first-order chi connectivity index (χ1) is 22.5. The van der Waals surface area contributed by atoms with Crippen molar-refractivity contribution in [2.45, 2.75) is 42.8 Å². The molecule has 4 aromatic rings. The Labute approximate surface area is 303 Å². The molecule has 0 spiro atoms. The van der Waals surface area contributed by atoms with Crippen LogP contribution in [-0.2, 0) is 24.8 Å². The fourth-order valence-electron chi connectivity index (χ4n) is 4.03. The van der Waals surface area contributed by atoms with E-state index in [9.17, 15) is 20.1 Å². The molecule has 0 bridgehead atoms. The minimum Gasteiger partial charge on any atom is -0.490 e. The summed E-state index contributed by atoms with van der Waals surface area (Å²) in [5, 5.41) is 21.0. The molecule has 2 heterocycles. The van der Waals surface area contributed by atoms with Gasteiger partial charge in [-0.3, -0.25) is 9.59 Å². The third-order valence-electron chi connectivity index (χ3n) is 6.43. The lowest BCUT2D eigenvalue weighted by atomic mass is 9.97. The van der Waals surface area contributed by atoms with Gasteiger partial charge in [0.2, 0.25) is 5.89 Å². The van der Waals surface area contributed by atoms with E-state index in [4.69, 9.17) is 47.4 Å². The molecule has 2 aromatic carbocycles. The number of thioether (sulfide) groups is 1. The van der Waals surface area contributed by atoms with E-state index in [-0.39, 0.29) is 55.0 Å². The van der Waals surface area contributed by atoms with Crippen LogP contribution in [0.25, 0.3) is 22.6 Å². The summed E-state index contributed by atoms with van der Waals surface area (Å²) in [6.07, 6.45) is 0.554. The van der Waals surface area contributed by atoms with Crippen molar-refractivity contribution in [3.8, 4) is 40.5 Å². The number of halogens is 3. The Bertz CT molecular complexity index is 1830. The van der Waals surface area contributed by atoms with Crippen LogP contribution in [0, 0.1) is 22.7 Å². The van der Waals surface area contributed by atoms with Gasteiger partial charge in [-0.2, -0.15) is 10.5 Å². The highest BCUT2D eigenvalue weighted by Gasteiger charge is 2.23. The Morgan fingerprint density at radius 2 is 1.53 bits per heavy atom. The van der Waals surface area contributed by atoms with Gasteiger partial charge in [-0.25, -0.2) is 9.97 Å². The predicted octanol–water partition coefficient (Wildman–Crippen LogP) is 5.05. The number of nitrogens with zero attached hydrogens (tertiary/aromatic N) is 4. The molecule has 0 aliphatic heterocycles. The van der Waals surface area contributed by atoms with Gasteiger partial charge in [0.1, 0.15) is 65.9 Å². The molecule has 258 valence electrons. The van der Waals surface area contributed by atoms with Gasteiger partial charge in [-0.1, -0.05) is 35.5 Å². The van der Waals surface area contributed by atoms with Crippen LogP contribution >= 0.6 is 48.2 Å². The number of hydrogen-bond donors (Lipinski definition) is 3. The lowest BCUT2D eigenvalue weighted by Gasteiger charge is -2.20. The number of rotatable bonds is 13. The van der Waals surface area contributed by atoms with Crippen LogP contribution in [0.3, 0.4) is 0 Å². The zero-order chi connectivity index (χ0) is 34.1. The summed E-state index contributed by atoms with van der Waals surface area (Å²) in [5.74, 6) is -0.316. The van der Waals surface area contributed by atoms with E-state index in [0.717, 1.165) is 5.56 Å². The number of pyridine rings is 1. The van der Waals surface area contributed by atoms with Gasteiger partial charge in [0.05, 0.1) is 11.3 Å². The van der Waals surface area contributed by atoms with Crippen molar-refractivity contribution in [2.75, 3.05) is 18.9 Å². The van der Waals surface area contributed by atoms with E-state index >= 15 is 0 Å². The molecule has 0 saturated carbocycles. The Morgan fingerprint density at radius 1 is 0.918 bits per heavy atom. The van der Waals surface area contributed by atoms with Crippen LogP contribution in [0.1, 0.15) is 30.7 Å². The molecule has 0 fully saturated rings. The molecule has 4 rings (SSSR count). The van der Waals surface area contributed by atoms with Crippen molar-refractivity contribution in [1.82, 2.24) is 9.97 Å². The average Bonchev–Trinajstić information content (AvgIpc) is 3.54. The van der Waals surface area contributed by atoms with Crippen molar-refractivity contribution >= 4 is 65.9 Å². The molecule has 0 aliphatic carbocycles. The second-order valence-corrected chi connectivity index (χ2v) is 11.6. The molecule has 3 atom stereocenters. The maximum absolute atomic E-state index is 12.1. The smallest absolute Gasteiger partial charge is 0.323 e. The summed E-state index contributed by atoms with van der Waals surface area (Å²) in [5.41, 5.74) is 19.7. The van der Waals surface area contributed by atoms with Gasteiger partial charge in [0.15, 0.2) is 6.10 Å². The average molecular weight is 749 g/mol. The molecule has 0 radical (unpaired) electrons. The summed E-state index contributed by atoms with van der Waals surface area (Å²) in [7, 11) is 0. The zero-order valence-corrected chi connectivity index (χ0v) is 29.3. The van der Waals surface area contributed by atoms with E-state index in [1.54, 1.807) is 48.5 Å². The summed E-state index contributed by atoms with van der Waals surface area (Å²) in [6.45, 7) is 2.47. The Kier molecular flexibility index (Phi) is 15.6. The van der Waals surface area contributed by atoms with Crippen molar-refractivity contribution in [2.24, 2.45) is 11.5 Å². The molecular formula is C32H32Cl3N7O6S. The number of oxazole rings is 1. The third kappa shape index (κ3) is 10.7. The molecular weight excluding hydrogens is 717 g/mol. The number of benzene rings is 2. The number of nitrogen functional groups attached to an aromatic ring is 1. The largest absolute Gasteiger partial charge is 0.490 e. The number of carbonyl (C=O) groups excluding carboxylic acids is 2. The maximum Gasteiger partial charge on any atom is 0.323 e. The van der Waals surface area contributed by atoms with Crippen LogP contribution in [0.15, 0.2) is 64.2 Å². The SMILES string of the molecule is C[C@H](N)C(=O)OC[C@@H](COc1ccc(-c2c(C#N)c(N)nc(SCc3coc(-c4ccc(Cl)cc4)n3)c2C#N)cc1)OC(=O)[C@H](C)N.Cl.Cl. The van der Waals surface area contributed by atoms with E-state index in [0.29, 0.717) is 44.3 Å². The zero-order valence-electron chi connectivity index (χ0n) is 26.1. The van der Waals surface area contributed by atoms with Gasteiger partial charge in [0.25, 0.3) is 0 Å². The number of anilines is 1. The van der Waals surface area contributed by atoms with Crippen LogP contribution in [0.5, 0.6) is 5.75 Å². The number of carbonyl (C=O) groups is 2. The highest BCUT2D eigenvalue weighted by atomic mass is 35.5. The number of aromatic nitrogens is 2.